The summed E-state index contributed by atoms with van der Waals surface area (Å²) in [6, 6.07) is 19.6. The minimum atomic E-state index is -0.413. The Morgan fingerprint density at radius 1 is 0.750 bits per heavy atom. The van der Waals surface area contributed by atoms with Crippen molar-refractivity contribution in [3.63, 3.8) is 0 Å². The van der Waals surface area contributed by atoms with E-state index in [4.69, 9.17) is 0 Å². The first-order valence-corrected chi connectivity index (χ1v) is 7.63. The maximum atomic E-state index is 12.7. The quantitative estimate of drug-likeness (QED) is 0.550. The first-order valence-electron chi connectivity index (χ1n) is 7.63. The van der Waals surface area contributed by atoms with Gasteiger partial charge < -0.3 is 0 Å². The average Bonchev–Trinajstić information content (AvgIpc) is 2.86. The van der Waals surface area contributed by atoms with Gasteiger partial charge in [0.1, 0.15) is 0 Å². The van der Waals surface area contributed by atoms with E-state index >= 15 is 0 Å². The van der Waals surface area contributed by atoms with Crippen molar-refractivity contribution in [3.05, 3.63) is 83.4 Å². The van der Waals surface area contributed by atoms with E-state index in [1.165, 1.54) is 0 Å². The Hall–Kier alpha value is -3.27. The van der Waals surface area contributed by atoms with Gasteiger partial charge in [0.25, 0.3) is 11.8 Å². The number of nitrogens with zero attached hydrogens (tertiary/aromatic N) is 1. The predicted molar refractivity (Wildman–Crippen MR) is 90.1 cm³/mol. The van der Waals surface area contributed by atoms with E-state index in [-0.39, 0.29) is 12.3 Å². The summed E-state index contributed by atoms with van der Waals surface area (Å²) in [4.78, 5) is 38.5. The first kappa shape index (κ1) is 14.3. The van der Waals surface area contributed by atoms with Crippen LogP contribution in [0.5, 0.6) is 0 Å². The highest BCUT2D eigenvalue weighted by molar-refractivity contribution is 6.23. The van der Waals surface area contributed by atoms with Crippen molar-refractivity contribution < 1.29 is 14.4 Å². The summed E-state index contributed by atoms with van der Waals surface area (Å²) >= 11 is 0. The molecule has 4 rings (SSSR count). The smallest absolute Gasteiger partial charge is 0.261 e. The largest absolute Gasteiger partial charge is 0.292 e. The van der Waals surface area contributed by atoms with Crippen LogP contribution >= 0.6 is 0 Å². The number of Topliss-reactive ketones (excluding diaryl/α,β-unsaturated/α-hetero) is 1. The molecule has 2 amide bonds. The van der Waals surface area contributed by atoms with Gasteiger partial charge in [0.05, 0.1) is 17.7 Å². The number of amides is 2. The van der Waals surface area contributed by atoms with Gasteiger partial charge >= 0.3 is 0 Å². The van der Waals surface area contributed by atoms with Crippen LogP contribution in [-0.2, 0) is 0 Å². The van der Waals surface area contributed by atoms with Crippen LogP contribution < -0.4 is 0 Å². The minimum absolute atomic E-state index is 0.249. The van der Waals surface area contributed by atoms with Crippen molar-refractivity contribution in [3.8, 4) is 0 Å². The molecule has 0 spiro atoms. The van der Waals surface area contributed by atoms with Crippen LogP contribution in [0, 0.1) is 0 Å². The molecule has 4 nitrogen and oxygen atoms in total. The Morgan fingerprint density at radius 2 is 1.33 bits per heavy atom. The molecule has 0 fully saturated rings. The van der Waals surface area contributed by atoms with Gasteiger partial charge in [-0.15, -0.1) is 0 Å². The number of benzene rings is 3. The van der Waals surface area contributed by atoms with Crippen LogP contribution in [0.1, 0.15) is 31.1 Å². The van der Waals surface area contributed by atoms with Crippen molar-refractivity contribution in [2.24, 2.45) is 0 Å². The second-order valence-electron chi connectivity index (χ2n) is 5.69. The summed E-state index contributed by atoms with van der Waals surface area (Å²) < 4.78 is 0. The molecule has 3 aromatic carbocycles. The van der Waals surface area contributed by atoms with Crippen LogP contribution in [0.15, 0.2) is 66.7 Å². The van der Waals surface area contributed by atoms with Crippen LogP contribution in [0.4, 0.5) is 0 Å². The number of hydrogen-bond acceptors (Lipinski definition) is 3. The summed E-state index contributed by atoms with van der Waals surface area (Å²) in [6.07, 6.45) is 0. The molecule has 0 radical (unpaired) electrons. The number of rotatable bonds is 3. The minimum Gasteiger partial charge on any atom is -0.292 e. The van der Waals surface area contributed by atoms with Gasteiger partial charge in [0.15, 0.2) is 5.78 Å². The van der Waals surface area contributed by atoms with E-state index in [2.05, 4.69) is 0 Å². The third-order valence-corrected chi connectivity index (χ3v) is 4.27. The number of carbonyl (C=O) groups is 3. The third kappa shape index (κ3) is 2.12. The van der Waals surface area contributed by atoms with E-state index in [9.17, 15) is 14.4 Å². The Labute approximate surface area is 138 Å². The van der Waals surface area contributed by atoms with E-state index in [1.54, 1.807) is 36.4 Å². The highest BCUT2D eigenvalue weighted by Gasteiger charge is 2.36. The Balaban J connectivity index is 1.68. The van der Waals surface area contributed by atoms with Crippen LogP contribution in [0.3, 0.4) is 0 Å². The fourth-order valence-corrected chi connectivity index (χ4v) is 3.08. The van der Waals surface area contributed by atoms with Gasteiger partial charge in [-0.3, -0.25) is 19.3 Å². The molecule has 0 saturated heterocycles. The fourth-order valence-electron chi connectivity index (χ4n) is 3.08. The first-order chi connectivity index (χ1) is 11.7. The topological polar surface area (TPSA) is 54.5 Å². The Morgan fingerprint density at radius 3 is 2.04 bits per heavy atom. The molecule has 0 bridgehead atoms. The van der Waals surface area contributed by atoms with Crippen LogP contribution in [0.2, 0.25) is 0 Å². The molecule has 0 N–H and O–H groups in total. The molecule has 1 aliphatic heterocycles. The van der Waals surface area contributed by atoms with Crippen LogP contribution in [-0.4, -0.2) is 29.0 Å². The van der Waals surface area contributed by atoms with Crippen molar-refractivity contribution in [1.82, 2.24) is 4.90 Å². The summed E-state index contributed by atoms with van der Waals surface area (Å²) in [5, 5.41) is 1.77. The molecule has 116 valence electrons. The Bertz CT molecular complexity index is 966. The molecule has 0 aliphatic carbocycles. The average molecular weight is 315 g/mol. The van der Waals surface area contributed by atoms with Crippen molar-refractivity contribution in [2.45, 2.75) is 0 Å². The predicted octanol–water partition coefficient (Wildman–Crippen LogP) is 3.32. The van der Waals surface area contributed by atoms with E-state index in [0.29, 0.717) is 16.7 Å². The summed E-state index contributed by atoms with van der Waals surface area (Å²) in [5.41, 5.74) is 1.23. The molecule has 3 aromatic rings. The molecular formula is C20H13NO3. The van der Waals surface area contributed by atoms with Gasteiger partial charge in [-0.2, -0.15) is 0 Å². The highest BCUT2D eigenvalue weighted by atomic mass is 16.2. The van der Waals surface area contributed by atoms with Gasteiger partial charge in [-0.05, 0) is 22.9 Å². The van der Waals surface area contributed by atoms with Gasteiger partial charge in [-0.1, -0.05) is 54.6 Å². The number of carbonyl (C=O) groups excluding carboxylic acids is 3. The molecular weight excluding hydrogens is 302 g/mol. The van der Waals surface area contributed by atoms with E-state index in [1.807, 2.05) is 30.3 Å². The van der Waals surface area contributed by atoms with E-state index < -0.39 is 11.8 Å². The maximum Gasteiger partial charge on any atom is 0.261 e. The molecule has 0 aromatic heterocycles. The standard InChI is InChI=1S/C20H13NO3/c22-18(15-11-5-7-13-6-1-2-8-14(13)15)12-21-19(23)16-9-3-4-10-17(16)20(21)24/h1-11H,12H2. The summed E-state index contributed by atoms with van der Waals surface area (Å²) in [7, 11) is 0. The third-order valence-electron chi connectivity index (χ3n) is 4.27. The van der Waals surface area contributed by atoms with Crippen molar-refractivity contribution in [2.75, 3.05) is 6.54 Å². The zero-order valence-corrected chi connectivity index (χ0v) is 12.7. The number of fused-ring (bicyclic) bond motifs is 2. The summed E-state index contributed by atoms with van der Waals surface area (Å²) in [5.74, 6) is -1.07. The molecule has 24 heavy (non-hydrogen) atoms. The molecule has 1 heterocycles. The van der Waals surface area contributed by atoms with Crippen molar-refractivity contribution in [1.29, 1.82) is 0 Å². The zero-order chi connectivity index (χ0) is 16.7. The Kier molecular flexibility index (Phi) is 3.24. The lowest BCUT2D eigenvalue weighted by molar-refractivity contribution is 0.0624. The number of hydrogen-bond donors (Lipinski definition) is 0. The van der Waals surface area contributed by atoms with Gasteiger partial charge in [0, 0.05) is 5.56 Å². The molecule has 1 aliphatic rings. The lowest BCUT2D eigenvalue weighted by Crippen LogP contribution is -2.34. The molecule has 0 unspecified atom stereocenters. The molecule has 4 heteroatoms. The lowest BCUT2D eigenvalue weighted by atomic mass is 10.0. The van der Waals surface area contributed by atoms with E-state index in [0.717, 1.165) is 15.7 Å². The monoisotopic (exact) mass is 315 g/mol. The zero-order valence-electron chi connectivity index (χ0n) is 12.7. The second-order valence-corrected chi connectivity index (χ2v) is 5.69. The normalized spacial score (nSPS) is 13.4. The van der Waals surface area contributed by atoms with Crippen molar-refractivity contribution >= 4 is 28.4 Å². The SMILES string of the molecule is O=C(CN1C(=O)c2ccccc2C1=O)c1cccc2ccccc12. The maximum absolute atomic E-state index is 12.7. The molecule has 0 atom stereocenters. The number of imide groups is 1. The fraction of sp³-hybridized carbons (Fsp3) is 0.0500. The second kappa shape index (κ2) is 5.42. The molecule has 0 saturated carbocycles. The highest BCUT2D eigenvalue weighted by Crippen LogP contribution is 2.24. The van der Waals surface area contributed by atoms with Crippen LogP contribution in [0.25, 0.3) is 10.8 Å². The van der Waals surface area contributed by atoms with Gasteiger partial charge in [0.2, 0.25) is 0 Å². The summed E-state index contributed by atoms with van der Waals surface area (Å²) in [6.45, 7) is -0.250. The number of ketones is 1. The lowest BCUT2D eigenvalue weighted by Gasteiger charge is -2.13. The van der Waals surface area contributed by atoms with Gasteiger partial charge in [-0.25, -0.2) is 0 Å².